The van der Waals surface area contributed by atoms with Crippen molar-refractivity contribution in [3.63, 3.8) is 0 Å². The zero-order chi connectivity index (χ0) is 19.6. The van der Waals surface area contributed by atoms with Crippen molar-refractivity contribution in [2.24, 2.45) is 5.92 Å². The van der Waals surface area contributed by atoms with E-state index < -0.39 is 10.0 Å². The molecule has 0 radical (unpaired) electrons. The minimum Gasteiger partial charge on any atom is -0.338 e. The van der Waals surface area contributed by atoms with Crippen LogP contribution in [0.25, 0.3) is 10.8 Å². The van der Waals surface area contributed by atoms with E-state index in [-0.39, 0.29) is 23.3 Å². The highest BCUT2D eigenvalue weighted by atomic mass is 32.2. The normalized spacial score (nSPS) is 17.4. The van der Waals surface area contributed by atoms with Gasteiger partial charge in [0.15, 0.2) is 0 Å². The van der Waals surface area contributed by atoms with E-state index in [0.29, 0.717) is 19.5 Å². The summed E-state index contributed by atoms with van der Waals surface area (Å²) in [5.74, 6) is 0.0465. The summed E-state index contributed by atoms with van der Waals surface area (Å²) in [6.45, 7) is 1.38. The molecule has 6 heteroatoms. The number of benzene rings is 3. The van der Waals surface area contributed by atoms with Crippen LogP contribution < -0.4 is 4.72 Å². The molecule has 5 nitrogen and oxygen atoms in total. The zero-order valence-electron chi connectivity index (χ0n) is 15.4. The molecule has 1 amide bonds. The average Bonchev–Trinajstić information content (AvgIpc) is 3.06. The van der Waals surface area contributed by atoms with Crippen molar-refractivity contribution in [1.82, 2.24) is 9.62 Å². The number of amides is 1. The first kappa shape index (κ1) is 18.7. The van der Waals surface area contributed by atoms with E-state index in [1.807, 2.05) is 60.7 Å². The number of hydrogen-bond donors (Lipinski definition) is 1. The number of likely N-dealkylation sites (tertiary alicyclic amines) is 1. The average molecular weight is 394 g/mol. The van der Waals surface area contributed by atoms with Crippen LogP contribution >= 0.6 is 0 Å². The molecule has 3 aromatic rings. The predicted octanol–water partition coefficient (Wildman–Crippen LogP) is 3.17. The van der Waals surface area contributed by atoms with Crippen molar-refractivity contribution in [2.75, 3.05) is 13.1 Å². The Hall–Kier alpha value is -2.70. The van der Waals surface area contributed by atoms with Gasteiger partial charge in [0.05, 0.1) is 4.90 Å². The summed E-state index contributed by atoms with van der Waals surface area (Å²) >= 11 is 0. The maximum atomic E-state index is 12.7. The highest BCUT2D eigenvalue weighted by Crippen LogP contribution is 2.22. The Morgan fingerprint density at radius 3 is 2.43 bits per heavy atom. The summed E-state index contributed by atoms with van der Waals surface area (Å²) in [7, 11) is -3.61. The largest absolute Gasteiger partial charge is 0.338 e. The lowest BCUT2D eigenvalue weighted by Gasteiger charge is -2.17. The fourth-order valence-corrected chi connectivity index (χ4v) is 4.74. The van der Waals surface area contributed by atoms with Gasteiger partial charge in [0.25, 0.3) is 0 Å². The van der Waals surface area contributed by atoms with Crippen molar-refractivity contribution >= 4 is 26.7 Å². The molecule has 1 fully saturated rings. The lowest BCUT2D eigenvalue weighted by Crippen LogP contribution is -2.31. The second-order valence-electron chi connectivity index (χ2n) is 7.19. The standard InChI is InChI=1S/C22H22N2O3S/c25-22-12-18(16-24(22)15-17-6-2-1-3-7-17)14-23-28(26,27)21-11-10-19-8-4-5-9-20(19)13-21/h1-11,13,18,23H,12,14-16H2. The third-order valence-electron chi connectivity index (χ3n) is 5.10. The number of sulfonamides is 1. The molecule has 1 unspecified atom stereocenters. The van der Waals surface area contributed by atoms with Crippen LogP contribution in [0.4, 0.5) is 0 Å². The lowest BCUT2D eigenvalue weighted by atomic mass is 10.1. The minimum atomic E-state index is -3.61. The molecule has 0 aliphatic carbocycles. The number of hydrogen-bond acceptors (Lipinski definition) is 3. The van der Waals surface area contributed by atoms with Gasteiger partial charge in [0.1, 0.15) is 0 Å². The van der Waals surface area contributed by atoms with Crippen LogP contribution in [0, 0.1) is 5.92 Å². The first-order valence-corrected chi connectivity index (χ1v) is 10.8. The number of carbonyl (C=O) groups excluding carboxylic acids is 1. The Bertz CT molecular complexity index is 1100. The Morgan fingerprint density at radius 1 is 0.929 bits per heavy atom. The summed E-state index contributed by atoms with van der Waals surface area (Å²) < 4.78 is 28.0. The molecule has 0 spiro atoms. The number of nitrogens with one attached hydrogen (secondary N) is 1. The van der Waals surface area contributed by atoms with Crippen molar-refractivity contribution in [2.45, 2.75) is 17.9 Å². The monoisotopic (exact) mass is 394 g/mol. The number of fused-ring (bicyclic) bond motifs is 1. The smallest absolute Gasteiger partial charge is 0.240 e. The van der Waals surface area contributed by atoms with E-state index in [1.54, 1.807) is 17.0 Å². The summed E-state index contributed by atoms with van der Waals surface area (Å²) in [4.78, 5) is 14.3. The molecule has 0 aromatic heterocycles. The summed E-state index contributed by atoms with van der Waals surface area (Å²) in [5.41, 5.74) is 1.08. The molecule has 1 heterocycles. The number of rotatable bonds is 6. The van der Waals surface area contributed by atoms with E-state index in [4.69, 9.17) is 0 Å². The van der Waals surface area contributed by atoms with Gasteiger partial charge in [-0.15, -0.1) is 0 Å². The summed E-state index contributed by atoms with van der Waals surface area (Å²) in [6, 6.07) is 22.6. The lowest BCUT2D eigenvalue weighted by molar-refractivity contribution is -0.128. The Labute approximate surface area is 165 Å². The third kappa shape index (κ3) is 4.08. The highest BCUT2D eigenvalue weighted by Gasteiger charge is 2.30. The maximum Gasteiger partial charge on any atom is 0.240 e. The Morgan fingerprint density at radius 2 is 1.64 bits per heavy atom. The molecular weight excluding hydrogens is 372 g/mol. The number of nitrogens with zero attached hydrogens (tertiary/aromatic N) is 1. The maximum absolute atomic E-state index is 12.7. The minimum absolute atomic E-state index is 0.0218. The SMILES string of the molecule is O=C1CC(CNS(=O)(=O)c2ccc3ccccc3c2)CN1Cc1ccccc1. The quantitative estimate of drug-likeness (QED) is 0.698. The van der Waals surface area contributed by atoms with Crippen molar-refractivity contribution in [1.29, 1.82) is 0 Å². The fourth-order valence-electron chi connectivity index (χ4n) is 3.59. The molecule has 4 rings (SSSR count). The van der Waals surface area contributed by atoms with Crippen molar-refractivity contribution < 1.29 is 13.2 Å². The Kier molecular flexibility index (Phi) is 5.15. The first-order valence-electron chi connectivity index (χ1n) is 9.31. The topological polar surface area (TPSA) is 66.5 Å². The third-order valence-corrected chi connectivity index (χ3v) is 6.53. The van der Waals surface area contributed by atoms with Gasteiger partial charge in [-0.05, 0) is 34.4 Å². The van der Waals surface area contributed by atoms with Gasteiger partial charge in [0.2, 0.25) is 15.9 Å². The van der Waals surface area contributed by atoms with Crippen LogP contribution in [0.5, 0.6) is 0 Å². The summed E-state index contributed by atoms with van der Waals surface area (Å²) in [6.07, 6.45) is 0.368. The number of carbonyl (C=O) groups is 1. The molecule has 1 N–H and O–H groups in total. The van der Waals surface area contributed by atoms with Crippen LogP contribution in [-0.4, -0.2) is 32.3 Å². The zero-order valence-corrected chi connectivity index (χ0v) is 16.2. The van der Waals surface area contributed by atoms with Crippen molar-refractivity contribution in [3.05, 3.63) is 78.4 Å². The molecular formula is C22H22N2O3S. The van der Waals surface area contributed by atoms with E-state index >= 15 is 0 Å². The molecule has 0 saturated carbocycles. The van der Waals surface area contributed by atoms with E-state index in [1.165, 1.54) is 0 Å². The van der Waals surface area contributed by atoms with Crippen LogP contribution in [0.2, 0.25) is 0 Å². The van der Waals surface area contributed by atoms with Crippen LogP contribution in [0.1, 0.15) is 12.0 Å². The second kappa shape index (κ2) is 7.73. The Balaban J connectivity index is 1.40. The van der Waals surface area contributed by atoms with Gasteiger partial charge in [0, 0.05) is 26.1 Å². The molecule has 1 aliphatic rings. The van der Waals surface area contributed by atoms with E-state index in [0.717, 1.165) is 16.3 Å². The predicted molar refractivity (Wildman–Crippen MR) is 109 cm³/mol. The van der Waals surface area contributed by atoms with E-state index in [2.05, 4.69) is 4.72 Å². The van der Waals surface area contributed by atoms with Crippen LogP contribution in [-0.2, 0) is 21.4 Å². The molecule has 3 aromatic carbocycles. The van der Waals surface area contributed by atoms with Crippen LogP contribution in [0.3, 0.4) is 0 Å². The molecule has 1 atom stereocenters. The molecule has 144 valence electrons. The highest BCUT2D eigenvalue weighted by molar-refractivity contribution is 7.89. The van der Waals surface area contributed by atoms with Gasteiger partial charge in [-0.3, -0.25) is 4.79 Å². The van der Waals surface area contributed by atoms with Gasteiger partial charge < -0.3 is 4.90 Å². The molecule has 28 heavy (non-hydrogen) atoms. The molecule has 1 aliphatic heterocycles. The molecule has 0 bridgehead atoms. The van der Waals surface area contributed by atoms with Gasteiger partial charge in [-0.2, -0.15) is 0 Å². The first-order chi connectivity index (χ1) is 13.5. The van der Waals surface area contributed by atoms with Crippen molar-refractivity contribution in [3.8, 4) is 0 Å². The van der Waals surface area contributed by atoms with E-state index in [9.17, 15) is 13.2 Å². The van der Waals surface area contributed by atoms with Crippen LogP contribution in [0.15, 0.2) is 77.7 Å². The van der Waals surface area contributed by atoms with Gasteiger partial charge in [-0.25, -0.2) is 13.1 Å². The summed E-state index contributed by atoms with van der Waals surface area (Å²) in [5, 5.41) is 1.88. The van der Waals surface area contributed by atoms with Gasteiger partial charge in [-0.1, -0.05) is 60.7 Å². The fraction of sp³-hybridized carbons (Fsp3) is 0.227. The molecule has 1 saturated heterocycles. The van der Waals surface area contributed by atoms with Gasteiger partial charge >= 0.3 is 0 Å². The second-order valence-corrected chi connectivity index (χ2v) is 8.96.